The fourth-order valence-electron chi connectivity index (χ4n) is 9.03. The standard InChI is InChI=1S/C22H35NO/c24-22-10-16-6-18(11-22)21(19(7-16)12-22)1-2-23-13-17-4-14-3-15(5-17)9-20(23)8-14/h14-21,24H,1-13H2. The van der Waals surface area contributed by atoms with Gasteiger partial charge in [0, 0.05) is 12.6 Å². The van der Waals surface area contributed by atoms with E-state index in [1.807, 2.05) is 0 Å². The molecule has 2 heteroatoms. The summed E-state index contributed by atoms with van der Waals surface area (Å²) >= 11 is 0. The lowest BCUT2D eigenvalue weighted by molar-refractivity contribution is -0.154. The minimum absolute atomic E-state index is 0.243. The van der Waals surface area contributed by atoms with Gasteiger partial charge in [0.05, 0.1) is 5.60 Å². The Bertz CT molecular complexity index is 488. The minimum atomic E-state index is -0.243. The van der Waals surface area contributed by atoms with E-state index in [0.717, 1.165) is 66.7 Å². The number of nitrogens with zero attached hydrogens (tertiary/aromatic N) is 1. The molecular formula is C22H35NO. The highest BCUT2D eigenvalue weighted by Crippen LogP contribution is 2.59. The fraction of sp³-hybridized carbons (Fsp3) is 1.00. The second-order valence-electron chi connectivity index (χ2n) is 11.1. The molecule has 6 saturated carbocycles. The highest BCUT2D eigenvalue weighted by Gasteiger charge is 2.54. The normalized spacial score (nSPS) is 58.4. The number of hydrogen-bond donors (Lipinski definition) is 1. The van der Waals surface area contributed by atoms with Gasteiger partial charge in [-0.15, -0.1) is 0 Å². The van der Waals surface area contributed by atoms with Gasteiger partial charge in [-0.1, -0.05) is 0 Å². The molecule has 0 aromatic carbocycles. The molecule has 2 aliphatic heterocycles. The number of aliphatic hydroxyl groups is 1. The van der Waals surface area contributed by atoms with E-state index in [9.17, 15) is 5.11 Å². The molecule has 134 valence electrons. The monoisotopic (exact) mass is 329 g/mol. The van der Waals surface area contributed by atoms with Crippen LogP contribution < -0.4 is 0 Å². The topological polar surface area (TPSA) is 23.5 Å². The van der Waals surface area contributed by atoms with E-state index < -0.39 is 0 Å². The lowest BCUT2D eigenvalue weighted by Gasteiger charge is -2.58. The number of fused-ring (bicyclic) bond motifs is 1. The summed E-state index contributed by atoms with van der Waals surface area (Å²) in [7, 11) is 0. The molecule has 2 nitrogen and oxygen atoms in total. The lowest BCUT2D eigenvalue weighted by atomic mass is 9.49. The fourth-order valence-corrected chi connectivity index (χ4v) is 9.03. The van der Waals surface area contributed by atoms with Gasteiger partial charge < -0.3 is 10.0 Å². The zero-order valence-electron chi connectivity index (χ0n) is 15.2. The van der Waals surface area contributed by atoms with E-state index in [0.29, 0.717) is 0 Å². The zero-order chi connectivity index (χ0) is 15.9. The van der Waals surface area contributed by atoms with Crippen LogP contribution in [0.5, 0.6) is 0 Å². The van der Waals surface area contributed by atoms with Gasteiger partial charge in [-0.2, -0.15) is 0 Å². The van der Waals surface area contributed by atoms with Crippen LogP contribution in [0.4, 0.5) is 0 Å². The minimum Gasteiger partial charge on any atom is -0.390 e. The average Bonchev–Trinajstić information content (AvgIpc) is 2.68. The Labute approximate surface area is 147 Å². The van der Waals surface area contributed by atoms with E-state index in [-0.39, 0.29) is 5.60 Å². The van der Waals surface area contributed by atoms with Crippen molar-refractivity contribution in [1.29, 1.82) is 0 Å². The van der Waals surface area contributed by atoms with Gasteiger partial charge in [-0.3, -0.25) is 0 Å². The summed E-state index contributed by atoms with van der Waals surface area (Å²) in [5.74, 6) is 6.72. The number of rotatable bonds is 3. The molecule has 2 heterocycles. The van der Waals surface area contributed by atoms with Gasteiger partial charge in [0.15, 0.2) is 0 Å². The van der Waals surface area contributed by atoms with Crippen molar-refractivity contribution in [3.05, 3.63) is 0 Å². The van der Waals surface area contributed by atoms with Crippen molar-refractivity contribution < 1.29 is 5.11 Å². The van der Waals surface area contributed by atoms with Gasteiger partial charge in [0.2, 0.25) is 0 Å². The van der Waals surface area contributed by atoms with Crippen molar-refractivity contribution >= 4 is 0 Å². The van der Waals surface area contributed by atoms with E-state index in [1.165, 1.54) is 45.2 Å². The molecule has 4 atom stereocenters. The summed E-state index contributed by atoms with van der Waals surface area (Å²) in [6, 6.07) is 0.933. The van der Waals surface area contributed by atoms with Crippen molar-refractivity contribution in [3.63, 3.8) is 0 Å². The predicted octanol–water partition coefficient (Wildman–Crippen LogP) is 4.07. The van der Waals surface area contributed by atoms with E-state index in [1.54, 1.807) is 19.3 Å². The van der Waals surface area contributed by atoms with Crippen molar-refractivity contribution in [2.24, 2.45) is 41.4 Å². The van der Waals surface area contributed by atoms with Crippen LogP contribution >= 0.6 is 0 Å². The first-order valence-electron chi connectivity index (χ1n) is 11.1. The summed E-state index contributed by atoms with van der Waals surface area (Å²) in [6.07, 6.45) is 15.4. The summed E-state index contributed by atoms with van der Waals surface area (Å²) in [4.78, 5) is 2.95. The third-order valence-electron chi connectivity index (χ3n) is 9.41. The van der Waals surface area contributed by atoms with Gasteiger partial charge in [-0.25, -0.2) is 0 Å². The molecule has 8 aliphatic rings. The number of hydrogen-bond acceptors (Lipinski definition) is 2. The van der Waals surface area contributed by atoms with Crippen LogP contribution in [0.1, 0.15) is 70.6 Å². The Kier molecular flexibility index (Phi) is 3.27. The third-order valence-corrected chi connectivity index (χ3v) is 9.41. The zero-order valence-corrected chi connectivity index (χ0v) is 15.2. The van der Waals surface area contributed by atoms with Gasteiger partial charge in [-0.05, 0) is 119 Å². The van der Waals surface area contributed by atoms with Crippen molar-refractivity contribution in [2.45, 2.75) is 82.3 Å². The smallest absolute Gasteiger partial charge is 0.0656 e. The largest absolute Gasteiger partial charge is 0.390 e. The molecule has 0 amide bonds. The SMILES string of the molecule is OC12CC3CC(C1)C(CCN1CC4CC5CC(C4)CC1C5)C(C3)C2. The first-order valence-corrected chi connectivity index (χ1v) is 11.1. The maximum atomic E-state index is 10.8. The Balaban J connectivity index is 1.14. The Morgan fingerprint density at radius 2 is 1.42 bits per heavy atom. The summed E-state index contributed by atoms with van der Waals surface area (Å²) in [6.45, 7) is 2.80. The van der Waals surface area contributed by atoms with Crippen LogP contribution in [0.15, 0.2) is 0 Å². The second-order valence-corrected chi connectivity index (χ2v) is 11.1. The molecule has 4 unspecified atom stereocenters. The van der Waals surface area contributed by atoms with Crippen LogP contribution in [-0.4, -0.2) is 34.7 Å². The molecule has 0 spiro atoms. The highest BCUT2D eigenvalue weighted by molar-refractivity contribution is 5.05. The van der Waals surface area contributed by atoms with Crippen molar-refractivity contribution in [2.75, 3.05) is 13.1 Å². The van der Waals surface area contributed by atoms with Gasteiger partial charge in [0.25, 0.3) is 0 Å². The summed E-state index contributed by atoms with van der Waals surface area (Å²) in [5.41, 5.74) is -0.243. The van der Waals surface area contributed by atoms with Crippen LogP contribution in [0.2, 0.25) is 0 Å². The molecule has 1 N–H and O–H groups in total. The van der Waals surface area contributed by atoms with Crippen molar-refractivity contribution in [1.82, 2.24) is 4.90 Å². The maximum absolute atomic E-state index is 10.8. The van der Waals surface area contributed by atoms with Gasteiger partial charge >= 0.3 is 0 Å². The molecular weight excluding hydrogens is 294 g/mol. The van der Waals surface area contributed by atoms with Crippen LogP contribution in [0.25, 0.3) is 0 Å². The molecule has 8 rings (SSSR count). The first-order chi connectivity index (χ1) is 11.6. The molecule has 24 heavy (non-hydrogen) atoms. The Morgan fingerprint density at radius 1 is 0.750 bits per heavy atom. The molecule has 0 aromatic heterocycles. The molecule has 6 aliphatic carbocycles. The lowest BCUT2D eigenvalue weighted by Crippen LogP contribution is -2.55. The molecule has 0 aromatic rings. The maximum Gasteiger partial charge on any atom is 0.0656 e. The second kappa shape index (κ2) is 5.22. The van der Waals surface area contributed by atoms with Crippen LogP contribution in [-0.2, 0) is 0 Å². The van der Waals surface area contributed by atoms with Crippen molar-refractivity contribution in [3.8, 4) is 0 Å². The van der Waals surface area contributed by atoms with E-state index in [4.69, 9.17) is 0 Å². The predicted molar refractivity (Wildman–Crippen MR) is 95.5 cm³/mol. The molecule has 8 fully saturated rings. The van der Waals surface area contributed by atoms with Crippen LogP contribution in [0, 0.1) is 41.4 Å². The highest BCUT2D eigenvalue weighted by atomic mass is 16.3. The molecule has 0 radical (unpaired) electrons. The average molecular weight is 330 g/mol. The van der Waals surface area contributed by atoms with E-state index in [2.05, 4.69) is 4.90 Å². The molecule has 8 bridgehead atoms. The summed E-state index contributed by atoms with van der Waals surface area (Å²) in [5, 5.41) is 10.8. The summed E-state index contributed by atoms with van der Waals surface area (Å²) < 4.78 is 0. The van der Waals surface area contributed by atoms with Gasteiger partial charge in [0.1, 0.15) is 0 Å². The van der Waals surface area contributed by atoms with E-state index >= 15 is 0 Å². The quantitative estimate of drug-likeness (QED) is 0.843. The third kappa shape index (κ3) is 2.35. The molecule has 2 saturated heterocycles. The van der Waals surface area contributed by atoms with Crippen LogP contribution in [0.3, 0.4) is 0 Å². The first kappa shape index (κ1) is 15.0. The Morgan fingerprint density at radius 3 is 2.08 bits per heavy atom. The Hall–Kier alpha value is -0.0800.